The monoisotopic (exact) mass is 348 g/mol. The van der Waals surface area contributed by atoms with Crippen molar-refractivity contribution in [1.29, 1.82) is 0 Å². The van der Waals surface area contributed by atoms with E-state index in [9.17, 15) is 8.78 Å². The maximum atomic E-state index is 14.7. The highest BCUT2D eigenvalue weighted by atomic mass is 32.1. The number of hydrogen-bond acceptors (Lipinski definition) is 1. The third-order valence-electron chi connectivity index (χ3n) is 5.82. The van der Waals surface area contributed by atoms with Crippen LogP contribution in [-0.4, -0.2) is 16.1 Å². The molecule has 0 saturated carbocycles. The standard InChI is InChI=1S/C16H30F2SSi2/c1-7-20(8-2,9-3)15-13(17)14(18)16(19-15)21(10-4,11-5)12-6/h7-12H2,1-6H3. The summed E-state index contributed by atoms with van der Waals surface area (Å²) >= 11 is 1.52. The Morgan fingerprint density at radius 2 is 0.857 bits per heavy atom. The lowest BCUT2D eigenvalue weighted by atomic mass is 10.6. The van der Waals surface area contributed by atoms with E-state index in [0.29, 0.717) is 0 Å². The fraction of sp³-hybridized carbons (Fsp3) is 0.750. The molecule has 0 radical (unpaired) electrons. The lowest BCUT2D eigenvalue weighted by Crippen LogP contribution is -2.47. The average Bonchev–Trinajstić information content (AvgIpc) is 2.82. The summed E-state index contributed by atoms with van der Waals surface area (Å²) in [7, 11) is -3.68. The lowest BCUT2D eigenvalue weighted by molar-refractivity contribution is 0.524. The van der Waals surface area contributed by atoms with Crippen LogP contribution in [0.5, 0.6) is 0 Å². The van der Waals surface area contributed by atoms with Crippen LogP contribution < -0.4 is 9.00 Å². The molecule has 0 nitrogen and oxygen atoms in total. The molecule has 1 aromatic rings. The SMILES string of the molecule is CC[Si](CC)(CC)c1sc([Si](CC)(CC)CC)c(F)c1F. The Kier molecular flexibility index (Phi) is 6.81. The molecule has 1 heterocycles. The van der Waals surface area contributed by atoms with Gasteiger partial charge in [0, 0.05) is 9.00 Å². The van der Waals surface area contributed by atoms with E-state index in [0.717, 1.165) is 45.3 Å². The number of halogens is 2. The highest BCUT2D eigenvalue weighted by Crippen LogP contribution is 2.29. The van der Waals surface area contributed by atoms with Gasteiger partial charge in [0.15, 0.2) is 11.6 Å². The summed E-state index contributed by atoms with van der Waals surface area (Å²) in [4.78, 5) is 0. The molecule has 1 rings (SSSR count). The van der Waals surface area contributed by atoms with Crippen molar-refractivity contribution >= 4 is 36.5 Å². The molecule has 0 fully saturated rings. The third-order valence-corrected chi connectivity index (χ3v) is 20.3. The number of thiophene rings is 1. The van der Waals surface area contributed by atoms with Crippen molar-refractivity contribution in [2.24, 2.45) is 0 Å². The van der Waals surface area contributed by atoms with E-state index < -0.39 is 27.8 Å². The molecule has 1 aromatic heterocycles. The second-order valence-electron chi connectivity index (χ2n) is 6.07. The van der Waals surface area contributed by atoms with Crippen LogP contribution >= 0.6 is 11.3 Å². The van der Waals surface area contributed by atoms with Crippen molar-refractivity contribution in [3.63, 3.8) is 0 Å². The van der Waals surface area contributed by atoms with Crippen LogP contribution in [0, 0.1) is 11.6 Å². The Labute approximate surface area is 135 Å². The van der Waals surface area contributed by atoms with E-state index in [4.69, 9.17) is 0 Å². The topological polar surface area (TPSA) is 0 Å². The van der Waals surface area contributed by atoms with E-state index in [1.165, 1.54) is 11.3 Å². The van der Waals surface area contributed by atoms with Crippen LogP contribution in [0.3, 0.4) is 0 Å². The van der Waals surface area contributed by atoms with Gasteiger partial charge >= 0.3 is 0 Å². The van der Waals surface area contributed by atoms with Crippen molar-refractivity contribution in [2.75, 3.05) is 0 Å². The van der Waals surface area contributed by atoms with E-state index in [2.05, 4.69) is 41.5 Å². The summed E-state index contributed by atoms with van der Waals surface area (Å²) in [6.45, 7) is 12.9. The molecule has 0 aliphatic heterocycles. The van der Waals surface area contributed by atoms with Crippen LogP contribution in [-0.2, 0) is 0 Å². The van der Waals surface area contributed by atoms with Crippen LogP contribution in [0.25, 0.3) is 0 Å². The zero-order chi connectivity index (χ0) is 16.3. The van der Waals surface area contributed by atoms with E-state index in [1.807, 2.05) is 0 Å². The van der Waals surface area contributed by atoms with E-state index in [-0.39, 0.29) is 0 Å². The van der Waals surface area contributed by atoms with Gasteiger partial charge in [-0.3, -0.25) is 0 Å². The van der Waals surface area contributed by atoms with Crippen molar-refractivity contribution in [3.8, 4) is 0 Å². The van der Waals surface area contributed by atoms with Gasteiger partial charge in [-0.1, -0.05) is 77.8 Å². The largest absolute Gasteiger partial charge is 0.203 e. The van der Waals surface area contributed by atoms with Gasteiger partial charge in [-0.25, -0.2) is 8.78 Å². The predicted molar refractivity (Wildman–Crippen MR) is 97.9 cm³/mol. The maximum absolute atomic E-state index is 14.7. The van der Waals surface area contributed by atoms with Gasteiger partial charge in [0.2, 0.25) is 0 Å². The first kappa shape index (κ1) is 19.0. The van der Waals surface area contributed by atoms with Crippen molar-refractivity contribution < 1.29 is 8.78 Å². The minimum Gasteiger partial charge on any atom is -0.203 e. The molecule has 0 bridgehead atoms. The zero-order valence-electron chi connectivity index (χ0n) is 14.4. The first-order chi connectivity index (χ1) is 9.91. The summed E-state index contributed by atoms with van der Waals surface area (Å²) < 4.78 is 31.0. The maximum Gasteiger partial charge on any atom is 0.168 e. The highest BCUT2D eigenvalue weighted by molar-refractivity contribution is 7.36. The molecule has 0 aliphatic rings. The molecule has 0 aliphatic carbocycles. The Hall–Kier alpha value is -0.00623. The van der Waals surface area contributed by atoms with Crippen molar-refractivity contribution in [3.05, 3.63) is 11.6 Å². The van der Waals surface area contributed by atoms with Crippen molar-refractivity contribution in [1.82, 2.24) is 0 Å². The van der Waals surface area contributed by atoms with Crippen LogP contribution in [0.15, 0.2) is 0 Å². The second-order valence-corrected chi connectivity index (χ2v) is 18.2. The normalized spacial score (nSPS) is 13.0. The first-order valence-corrected chi connectivity index (χ1v) is 14.5. The van der Waals surface area contributed by atoms with Crippen LogP contribution in [0.4, 0.5) is 8.78 Å². The predicted octanol–water partition coefficient (Wildman–Crippen LogP) is 5.46. The Morgan fingerprint density at radius 1 is 0.619 bits per heavy atom. The molecule has 21 heavy (non-hydrogen) atoms. The summed E-state index contributed by atoms with van der Waals surface area (Å²) in [5, 5.41) is 0. The minimum atomic E-state index is -1.84. The molecular formula is C16H30F2SSi2. The second kappa shape index (κ2) is 7.51. The summed E-state index contributed by atoms with van der Waals surface area (Å²) in [6, 6.07) is 6.06. The van der Waals surface area contributed by atoms with Gasteiger partial charge < -0.3 is 0 Å². The molecule has 0 amide bonds. The third kappa shape index (κ3) is 3.06. The smallest absolute Gasteiger partial charge is 0.168 e. The molecule has 0 aromatic carbocycles. The van der Waals surface area contributed by atoms with E-state index in [1.54, 1.807) is 0 Å². The minimum absolute atomic E-state index is 0.487. The Bertz CT molecular complexity index is 406. The van der Waals surface area contributed by atoms with Gasteiger partial charge in [-0.2, -0.15) is 0 Å². The molecule has 0 saturated heterocycles. The molecule has 5 heteroatoms. The lowest BCUT2D eigenvalue weighted by Gasteiger charge is -2.28. The molecular weight excluding hydrogens is 318 g/mol. The Balaban J connectivity index is 3.52. The van der Waals surface area contributed by atoms with Crippen LogP contribution in [0.1, 0.15) is 41.5 Å². The highest BCUT2D eigenvalue weighted by Gasteiger charge is 2.41. The number of rotatable bonds is 8. The van der Waals surface area contributed by atoms with Crippen molar-refractivity contribution in [2.45, 2.75) is 77.8 Å². The molecule has 0 atom stereocenters. The fourth-order valence-corrected chi connectivity index (χ4v) is 15.4. The summed E-state index contributed by atoms with van der Waals surface area (Å²) in [5.74, 6) is -0.973. The number of hydrogen-bond donors (Lipinski definition) is 0. The quantitative estimate of drug-likeness (QED) is 0.547. The molecule has 0 unspecified atom stereocenters. The molecule has 0 spiro atoms. The molecule has 0 N–H and O–H groups in total. The molecule has 122 valence electrons. The first-order valence-electron chi connectivity index (χ1n) is 8.40. The summed E-state index contributed by atoms with van der Waals surface area (Å²) in [6.07, 6.45) is 0. The fourth-order valence-electron chi connectivity index (χ4n) is 3.54. The summed E-state index contributed by atoms with van der Waals surface area (Å²) in [5.41, 5.74) is 0. The van der Waals surface area contributed by atoms with Gasteiger partial charge in [0.25, 0.3) is 0 Å². The zero-order valence-corrected chi connectivity index (χ0v) is 17.2. The average molecular weight is 349 g/mol. The van der Waals surface area contributed by atoms with E-state index >= 15 is 0 Å². The van der Waals surface area contributed by atoms with Gasteiger partial charge in [0.05, 0.1) is 0 Å². The van der Waals surface area contributed by atoms with Gasteiger partial charge in [0.1, 0.15) is 16.1 Å². The van der Waals surface area contributed by atoms with Gasteiger partial charge in [-0.05, 0) is 0 Å². The van der Waals surface area contributed by atoms with Gasteiger partial charge in [-0.15, -0.1) is 11.3 Å². The van der Waals surface area contributed by atoms with Crippen LogP contribution in [0.2, 0.25) is 36.3 Å². The Morgan fingerprint density at radius 3 is 1.05 bits per heavy atom.